The van der Waals surface area contributed by atoms with Gasteiger partial charge in [-0.2, -0.15) is 5.10 Å². The molecular weight excluding hydrogens is 282 g/mol. The zero-order valence-corrected chi connectivity index (χ0v) is 12.1. The molecule has 0 saturated heterocycles. The van der Waals surface area contributed by atoms with Crippen LogP contribution < -0.4 is 10.5 Å². The maximum Gasteiger partial charge on any atom is 0.244 e. The molecular formula is C11H17N5O3S. The predicted octanol–water partition coefficient (Wildman–Crippen LogP) is -0.304. The molecule has 2 aromatic rings. The minimum atomic E-state index is -3.61. The lowest BCUT2D eigenvalue weighted by molar-refractivity contribution is 0.478. The van der Waals surface area contributed by atoms with Crippen LogP contribution in [0.3, 0.4) is 0 Å². The summed E-state index contributed by atoms with van der Waals surface area (Å²) in [7, 11) is -1.85. The largest absolute Gasteiger partial charge is 0.464 e. The van der Waals surface area contributed by atoms with E-state index in [-0.39, 0.29) is 18.0 Å². The summed E-state index contributed by atoms with van der Waals surface area (Å²) in [5, 5.41) is 4.07. The fourth-order valence-electron chi connectivity index (χ4n) is 1.77. The molecule has 0 atom stereocenters. The highest BCUT2D eigenvalue weighted by atomic mass is 32.2. The van der Waals surface area contributed by atoms with E-state index in [4.69, 9.17) is 10.2 Å². The highest BCUT2D eigenvalue weighted by molar-refractivity contribution is 7.89. The highest BCUT2D eigenvalue weighted by Gasteiger charge is 2.20. The van der Waals surface area contributed by atoms with Crippen molar-refractivity contribution in [1.82, 2.24) is 19.5 Å². The molecule has 0 unspecified atom stereocenters. The Hall–Kier alpha value is -1.71. The van der Waals surface area contributed by atoms with Crippen molar-refractivity contribution in [3.05, 3.63) is 29.7 Å². The van der Waals surface area contributed by atoms with E-state index in [0.717, 1.165) is 0 Å². The molecule has 2 aromatic heterocycles. The quantitative estimate of drug-likeness (QED) is 0.756. The molecule has 110 valence electrons. The minimum Gasteiger partial charge on any atom is -0.464 e. The van der Waals surface area contributed by atoms with E-state index < -0.39 is 10.0 Å². The standard InChI is InChI=1S/C11H17N5O3S/c1-8-10(5-9(6-12)19-8)20(17,18)14-4-3-11-13-7-16(2)15-11/h5,7,14H,3-4,6,12H2,1-2H3. The zero-order chi connectivity index (χ0) is 14.8. The van der Waals surface area contributed by atoms with Crippen LogP contribution in [-0.4, -0.2) is 29.7 Å². The first kappa shape index (κ1) is 14.7. The van der Waals surface area contributed by atoms with Gasteiger partial charge >= 0.3 is 0 Å². The first-order valence-corrected chi connectivity index (χ1v) is 7.54. The number of nitrogens with one attached hydrogen (secondary N) is 1. The Bertz CT molecular complexity index is 689. The molecule has 0 aliphatic rings. The number of nitrogens with zero attached hydrogens (tertiary/aromatic N) is 3. The predicted molar refractivity (Wildman–Crippen MR) is 71.2 cm³/mol. The van der Waals surface area contributed by atoms with Crippen LogP contribution in [0.2, 0.25) is 0 Å². The summed E-state index contributed by atoms with van der Waals surface area (Å²) in [6.07, 6.45) is 1.98. The smallest absolute Gasteiger partial charge is 0.244 e. The Morgan fingerprint density at radius 1 is 1.50 bits per heavy atom. The molecule has 0 radical (unpaired) electrons. The molecule has 2 heterocycles. The van der Waals surface area contributed by atoms with Crippen LogP contribution in [-0.2, 0) is 30.0 Å². The van der Waals surface area contributed by atoms with Gasteiger partial charge < -0.3 is 10.2 Å². The summed E-state index contributed by atoms with van der Waals surface area (Å²) >= 11 is 0. The van der Waals surface area contributed by atoms with Crippen molar-refractivity contribution in [2.24, 2.45) is 12.8 Å². The monoisotopic (exact) mass is 299 g/mol. The third-order valence-corrected chi connectivity index (χ3v) is 4.27. The molecule has 2 rings (SSSR count). The summed E-state index contributed by atoms with van der Waals surface area (Å²) < 4.78 is 33.5. The van der Waals surface area contributed by atoms with E-state index in [9.17, 15) is 8.42 Å². The van der Waals surface area contributed by atoms with Crippen LogP contribution in [0.5, 0.6) is 0 Å². The molecule has 0 bridgehead atoms. The fraction of sp³-hybridized carbons (Fsp3) is 0.455. The van der Waals surface area contributed by atoms with E-state index in [2.05, 4.69) is 14.8 Å². The van der Waals surface area contributed by atoms with Gasteiger partial charge in [-0.05, 0) is 6.92 Å². The second-order valence-electron chi connectivity index (χ2n) is 4.32. The SMILES string of the molecule is Cc1oc(CN)cc1S(=O)(=O)NCCc1ncn(C)n1. The van der Waals surface area contributed by atoms with Gasteiger partial charge in [0.2, 0.25) is 10.0 Å². The van der Waals surface area contributed by atoms with Gasteiger partial charge in [0.1, 0.15) is 22.7 Å². The van der Waals surface area contributed by atoms with Gasteiger partial charge in [0.25, 0.3) is 0 Å². The minimum absolute atomic E-state index is 0.118. The van der Waals surface area contributed by atoms with Crippen LogP contribution in [0, 0.1) is 6.92 Å². The third kappa shape index (κ3) is 3.24. The molecule has 20 heavy (non-hydrogen) atoms. The van der Waals surface area contributed by atoms with E-state index in [0.29, 0.717) is 23.8 Å². The van der Waals surface area contributed by atoms with Crippen molar-refractivity contribution in [3.63, 3.8) is 0 Å². The summed E-state index contributed by atoms with van der Waals surface area (Å²) in [5.74, 6) is 1.35. The number of furan rings is 1. The van der Waals surface area contributed by atoms with Crippen LogP contribution in [0.4, 0.5) is 0 Å². The number of aryl methyl sites for hydroxylation is 2. The summed E-state index contributed by atoms with van der Waals surface area (Å²) in [6.45, 7) is 1.97. The van der Waals surface area contributed by atoms with E-state index in [1.807, 2.05) is 0 Å². The van der Waals surface area contributed by atoms with Crippen LogP contribution >= 0.6 is 0 Å². The maximum atomic E-state index is 12.1. The van der Waals surface area contributed by atoms with Crippen LogP contribution in [0.1, 0.15) is 17.3 Å². The Balaban J connectivity index is 2.01. The number of rotatable bonds is 6. The normalized spacial score (nSPS) is 11.9. The van der Waals surface area contributed by atoms with Gasteiger partial charge in [0, 0.05) is 26.1 Å². The van der Waals surface area contributed by atoms with Crippen LogP contribution in [0.25, 0.3) is 0 Å². The molecule has 9 heteroatoms. The first-order chi connectivity index (χ1) is 9.42. The van der Waals surface area contributed by atoms with Gasteiger partial charge in [-0.25, -0.2) is 18.1 Å². The molecule has 8 nitrogen and oxygen atoms in total. The van der Waals surface area contributed by atoms with Gasteiger partial charge in [-0.3, -0.25) is 4.68 Å². The number of aromatic nitrogens is 3. The Kier molecular flexibility index (Phi) is 4.21. The summed E-state index contributed by atoms with van der Waals surface area (Å²) in [6, 6.07) is 1.44. The second-order valence-corrected chi connectivity index (χ2v) is 6.05. The molecule has 3 N–H and O–H groups in total. The van der Waals surface area contributed by atoms with E-state index >= 15 is 0 Å². The van der Waals surface area contributed by atoms with Crippen molar-refractivity contribution in [2.45, 2.75) is 24.8 Å². The lowest BCUT2D eigenvalue weighted by Gasteiger charge is -2.03. The molecule has 0 amide bonds. The van der Waals surface area contributed by atoms with Crippen molar-refractivity contribution in [2.75, 3.05) is 6.54 Å². The average Bonchev–Trinajstić information content (AvgIpc) is 2.95. The third-order valence-electron chi connectivity index (χ3n) is 2.70. The van der Waals surface area contributed by atoms with Gasteiger partial charge in [-0.1, -0.05) is 0 Å². The molecule has 0 aliphatic carbocycles. The van der Waals surface area contributed by atoms with Crippen LogP contribution in [0.15, 0.2) is 21.7 Å². The lowest BCUT2D eigenvalue weighted by Crippen LogP contribution is -2.26. The van der Waals surface area contributed by atoms with Crippen molar-refractivity contribution < 1.29 is 12.8 Å². The maximum absolute atomic E-state index is 12.1. The van der Waals surface area contributed by atoms with Crippen molar-refractivity contribution in [3.8, 4) is 0 Å². The second kappa shape index (κ2) is 5.73. The molecule has 0 aromatic carbocycles. The van der Waals surface area contributed by atoms with E-state index in [1.54, 1.807) is 25.0 Å². The molecule has 0 spiro atoms. The first-order valence-electron chi connectivity index (χ1n) is 6.06. The lowest BCUT2D eigenvalue weighted by atomic mass is 10.4. The van der Waals surface area contributed by atoms with Crippen molar-refractivity contribution in [1.29, 1.82) is 0 Å². The highest BCUT2D eigenvalue weighted by Crippen LogP contribution is 2.19. The average molecular weight is 299 g/mol. The van der Waals surface area contributed by atoms with Gasteiger partial charge in [0.05, 0.1) is 6.54 Å². The number of hydrogen-bond acceptors (Lipinski definition) is 6. The molecule has 0 fully saturated rings. The Labute approximate surface area is 117 Å². The zero-order valence-electron chi connectivity index (χ0n) is 11.3. The summed E-state index contributed by atoms with van der Waals surface area (Å²) in [5.41, 5.74) is 5.43. The number of sulfonamides is 1. The Morgan fingerprint density at radius 3 is 2.80 bits per heavy atom. The number of hydrogen-bond donors (Lipinski definition) is 2. The number of nitrogens with two attached hydrogens (primary N) is 1. The van der Waals surface area contributed by atoms with E-state index in [1.165, 1.54) is 6.07 Å². The summed E-state index contributed by atoms with van der Waals surface area (Å²) in [4.78, 5) is 4.14. The molecule has 0 aliphatic heterocycles. The van der Waals surface area contributed by atoms with Crippen molar-refractivity contribution >= 4 is 10.0 Å². The topological polar surface area (TPSA) is 116 Å². The molecule has 0 saturated carbocycles. The van der Waals surface area contributed by atoms with Gasteiger partial charge in [-0.15, -0.1) is 0 Å². The van der Waals surface area contributed by atoms with Gasteiger partial charge in [0.15, 0.2) is 5.82 Å². The Morgan fingerprint density at radius 2 is 2.25 bits per heavy atom. The fourth-order valence-corrected chi connectivity index (χ4v) is 3.00.